The van der Waals surface area contributed by atoms with E-state index < -0.39 is 0 Å². The van der Waals surface area contributed by atoms with Crippen molar-refractivity contribution in [2.45, 2.75) is 76.2 Å². The molecule has 3 heterocycles. The molecule has 4 fully saturated rings. The first kappa shape index (κ1) is 13.1. The highest BCUT2D eigenvalue weighted by Gasteiger charge is 2.50. The summed E-state index contributed by atoms with van der Waals surface area (Å²) in [5.41, 5.74) is 0. The normalized spacial score (nSPS) is 42.9. The maximum Gasteiger partial charge on any atom is 0.241 e. The van der Waals surface area contributed by atoms with Gasteiger partial charge in [-0.1, -0.05) is 12.8 Å². The Morgan fingerprint density at radius 3 is 2.60 bits per heavy atom. The summed E-state index contributed by atoms with van der Waals surface area (Å²) in [7, 11) is 0. The van der Waals surface area contributed by atoms with Gasteiger partial charge >= 0.3 is 0 Å². The zero-order valence-corrected chi connectivity index (χ0v) is 12.6. The minimum atomic E-state index is 0.0241. The summed E-state index contributed by atoms with van der Waals surface area (Å²) in [6, 6.07) is 1.15. The third-order valence-electron chi connectivity index (χ3n) is 6.12. The van der Waals surface area contributed by atoms with Crippen LogP contribution in [0.1, 0.15) is 51.9 Å². The molecule has 0 aromatic carbocycles. The molecule has 4 heteroatoms. The molecule has 4 unspecified atom stereocenters. The quantitative estimate of drug-likeness (QED) is 0.832. The van der Waals surface area contributed by atoms with Crippen molar-refractivity contribution in [1.82, 2.24) is 15.1 Å². The number of hydrogen-bond acceptors (Lipinski definition) is 3. The lowest BCUT2D eigenvalue weighted by Crippen LogP contribution is -2.51. The number of rotatable bonds is 2. The van der Waals surface area contributed by atoms with Crippen LogP contribution >= 0.6 is 0 Å². The molecular weight excluding hydrogens is 250 g/mol. The fourth-order valence-corrected chi connectivity index (χ4v) is 5.15. The van der Waals surface area contributed by atoms with E-state index in [1.807, 2.05) is 6.92 Å². The summed E-state index contributed by atoms with van der Waals surface area (Å²) in [5, 5.41) is 3.61. The van der Waals surface area contributed by atoms with Crippen LogP contribution in [0.2, 0.25) is 0 Å². The van der Waals surface area contributed by atoms with Gasteiger partial charge in [-0.25, -0.2) is 0 Å². The second kappa shape index (κ2) is 4.99. The first-order valence-electron chi connectivity index (χ1n) is 8.58. The molecule has 1 saturated carbocycles. The molecule has 1 amide bonds. The maximum absolute atomic E-state index is 12.7. The molecule has 4 nitrogen and oxygen atoms in total. The number of carbonyl (C=O) groups excluding carboxylic acids is 1. The highest BCUT2D eigenvalue weighted by molar-refractivity contribution is 5.84. The van der Waals surface area contributed by atoms with E-state index in [0.717, 1.165) is 0 Å². The Bertz CT molecular complexity index is 391. The molecule has 3 aliphatic heterocycles. The summed E-state index contributed by atoms with van der Waals surface area (Å²) in [6.45, 7) is 4.50. The Hall–Kier alpha value is -0.610. The van der Waals surface area contributed by atoms with Gasteiger partial charge in [0.25, 0.3) is 0 Å². The summed E-state index contributed by atoms with van der Waals surface area (Å²) in [4.78, 5) is 17.6. The third kappa shape index (κ3) is 1.92. The largest absolute Gasteiger partial charge is 0.321 e. The van der Waals surface area contributed by atoms with E-state index in [1.165, 1.54) is 58.0 Å². The summed E-state index contributed by atoms with van der Waals surface area (Å²) in [6.07, 6.45) is 9.42. The van der Waals surface area contributed by atoms with Crippen LogP contribution in [0.3, 0.4) is 0 Å². The van der Waals surface area contributed by atoms with Crippen LogP contribution in [0.5, 0.6) is 0 Å². The maximum atomic E-state index is 12.7. The molecule has 0 radical (unpaired) electrons. The summed E-state index contributed by atoms with van der Waals surface area (Å²) >= 11 is 0. The predicted molar refractivity (Wildman–Crippen MR) is 78.2 cm³/mol. The molecule has 4 rings (SSSR count). The molecule has 0 aromatic heterocycles. The van der Waals surface area contributed by atoms with Crippen molar-refractivity contribution in [2.75, 3.05) is 13.1 Å². The Kier molecular flexibility index (Phi) is 3.26. The van der Waals surface area contributed by atoms with E-state index in [1.54, 1.807) is 0 Å². The van der Waals surface area contributed by atoms with Crippen molar-refractivity contribution in [2.24, 2.45) is 5.92 Å². The van der Waals surface area contributed by atoms with Crippen molar-refractivity contribution < 1.29 is 4.79 Å². The second-order valence-electron chi connectivity index (χ2n) is 7.22. The highest BCUT2D eigenvalue weighted by atomic mass is 16.2. The fraction of sp³-hybridized carbons (Fsp3) is 0.938. The highest BCUT2D eigenvalue weighted by Crippen LogP contribution is 2.38. The molecule has 4 aliphatic rings. The van der Waals surface area contributed by atoms with E-state index in [0.29, 0.717) is 30.1 Å². The van der Waals surface area contributed by atoms with Crippen molar-refractivity contribution >= 4 is 5.91 Å². The van der Waals surface area contributed by atoms with Crippen molar-refractivity contribution in [3.63, 3.8) is 0 Å². The average Bonchev–Trinajstić information content (AvgIpc) is 3.16. The van der Waals surface area contributed by atoms with Gasteiger partial charge in [0.1, 0.15) is 0 Å². The van der Waals surface area contributed by atoms with Crippen LogP contribution in [0.25, 0.3) is 0 Å². The number of nitrogens with one attached hydrogen (secondary N) is 1. The minimum Gasteiger partial charge on any atom is -0.321 e. The Balaban J connectivity index is 1.58. The van der Waals surface area contributed by atoms with E-state index in [9.17, 15) is 4.79 Å². The summed E-state index contributed by atoms with van der Waals surface area (Å²) < 4.78 is 0. The molecule has 112 valence electrons. The Labute approximate surface area is 121 Å². The number of fused-ring (bicyclic) bond motifs is 1. The zero-order valence-electron chi connectivity index (χ0n) is 12.6. The zero-order chi connectivity index (χ0) is 13.7. The van der Waals surface area contributed by atoms with Gasteiger partial charge in [-0.15, -0.1) is 0 Å². The standard InChI is InChI=1S/C16H27N3O/c1-11-16(20)19(15(17-11)12-5-2-3-6-12)14-8-10-18-9-4-7-13(14)18/h11-15,17H,2-10H2,1H3. The van der Waals surface area contributed by atoms with Crippen LogP contribution in [0, 0.1) is 5.92 Å². The van der Waals surface area contributed by atoms with Gasteiger partial charge in [-0.3, -0.25) is 15.0 Å². The molecule has 1 aliphatic carbocycles. The van der Waals surface area contributed by atoms with Gasteiger partial charge in [-0.2, -0.15) is 0 Å². The number of carbonyl (C=O) groups is 1. The van der Waals surface area contributed by atoms with Crippen molar-refractivity contribution in [3.05, 3.63) is 0 Å². The molecule has 0 bridgehead atoms. The molecule has 3 saturated heterocycles. The van der Waals surface area contributed by atoms with Crippen LogP contribution in [-0.4, -0.2) is 53.1 Å². The van der Waals surface area contributed by atoms with Gasteiger partial charge in [0, 0.05) is 12.6 Å². The van der Waals surface area contributed by atoms with Crippen LogP contribution in [-0.2, 0) is 4.79 Å². The van der Waals surface area contributed by atoms with Gasteiger partial charge in [0.15, 0.2) is 0 Å². The monoisotopic (exact) mass is 277 g/mol. The predicted octanol–water partition coefficient (Wildman–Crippen LogP) is 1.56. The molecule has 0 spiro atoms. The molecule has 4 atom stereocenters. The number of hydrogen-bond donors (Lipinski definition) is 1. The van der Waals surface area contributed by atoms with Crippen LogP contribution in [0.4, 0.5) is 0 Å². The SMILES string of the molecule is CC1NC(C2CCCC2)N(C2CCN3CCCC23)C1=O. The van der Waals surface area contributed by atoms with Crippen LogP contribution in [0.15, 0.2) is 0 Å². The fourth-order valence-electron chi connectivity index (χ4n) is 5.15. The molecule has 20 heavy (non-hydrogen) atoms. The second-order valence-corrected chi connectivity index (χ2v) is 7.22. The topological polar surface area (TPSA) is 35.6 Å². The lowest BCUT2D eigenvalue weighted by molar-refractivity contribution is -0.133. The van der Waals surface area contributed by atoms with Gasteiger partial charge in [0.05, 0.1) is 18.2 Å². The van der Waals surface area contributed by atoms with Gasteiger partial charge < -0.3 is 4.90 Å². The first-order chi connectivity index (χ1) is 9.75. The van der Waals surface area contributed by atoms with Crippen molar-refractivity contribution in [1.29, 1.82) is 0 Å². The van der Waals surface area contributed by atoms with Gasteiger partial charge in [0.2, 0.25) is 5.91 Å². The third-order valence-corrected chi connectivity index (χ3v) is 6.12. The molecular formula is C16H27N3O. The van der Waals surface area contributed by atoms with E-state index in [-0.39, 0.29) is 6.04 Å². The Morgan fingerprint density at radius 2 is 1.80 bits per heavy atom. The molecule has 1 N–H and O–H groups in total. The smallest absolute Gasteiger partial charge is 0.241 e. The summed E-state index contributed by atoms with van der Waals surface area (Å²) in [5.74, 6) is 1.06. The van der Waals surface area contributed by atoms with E-state index in [2.05, 4.69) is 15.1 Å². The Morgan fingerprint density at radius 1 is 1.00 bits per heavy atom. The lowest BCUT2D eigenvalue weighted by Gasteiger charge is -2.36. The van der Waals surface area contributed by atoms with E-state index in [4.69, 9.17) is 0 Å². The van der Waals surface area contributed by atoms with Gasteiger partial charge in [-0.05, 0) is 51.5 Å². The number of amides is 1. The number of nitrogens with zero attached hydrogens (tertiary/aromatic N) is 2. The van der Waals surface area contributed by atoms with E-state index >= 15 is 0 Å². The molecule has 0 aromatic rings. The average molecular weight is 277 g/mol. The first-order valence-corrected chi connectivity index (χ1v) is 8.58. The lowest BCUT2D eigenvalue weighted by atomic mass is 9.99. The van der Waals surface area contributed by atoms with Crippen LogP contribution < -0.4 is 5.32 Å². The minimum absolute atomic E-state index is 0.0241. The van der Waals surface area contributed by atoms with Crippen molar-refractivity contribution in [3.8, 4) is 0 Å².